The molecular weight excluding hydrogens is 294 g/mol. The monoisotopic (exact) mass is 319 g/mol. The zero-order valence-corrected chi connectivity index (χ0v) is 13.7. The number of carbonyl (C=O) groups excluding carboxylic acids is 1. The standard InChI is InChI=1S/C17H25N3O3/c1-12-4-3-5-15-16(12)13(10-20-15)6-8-18-17(22)19-9-7-14(21)11-23-2/h3-5,10,14,20-21H,6-9,11H2,1-2H3,(H2,18,19,22). The summed E-state index contributed by atoms with van der Waals surface area (Å²) >= 11 is 0. The molecule has 0 saturated heterocycles. The van der Waals surface area contributed by atoms with Gasteiger partial charge in [-0.2, -0.15) is 0 Å². The molecule has 2 amide bonds. The molecule has 23 heavy (non-hydrogen) atoms. The molecule has 0 bridgehead atoms. The fraction of sp³-hybridized carbons (Fsp3) is 0.471. The van der Waals surface area contributed by atoms with Crippen LogP contribution in [0.25, 0.3) is 10.9 Å². The number of methoxy groups -OCH3 is 1. The van der Waals surface area contributed by atoms with Crippen LogP contribution in [0.5, 0.6) is 0 Å². The molecule has 1 unspecified atom stereocenters. The second-order valence-corrected chi connectivity index (χ2v) is 5.64. The Kier molecular flexibility index (Phi) is 6.43. The van der Waals surface area contributed by atoms with E-state index in [0.29, 0.717) is 19.5 Å². The highest BCUT2D eigenvalue weighted by Gasteiger charge is 2.07. The highest BCUT2D eigenvalue weighted by molar-refractivity contribution is 5.86. The molecule has 0 radical (unpaired) electrons. The van der Waals surface area contributed by atoms with Crippen molar-refractivity contribution in [3.63, 3.8) is 0 Å². The third kappa shape index (κ3) is 4.97. The molecule has 0 aliphatic heterocycles. The highest BCUT2D eigenvalue weighted by Crippen LogP contribution is 2.22. The number of aryl methyl sites for hydroxylation is 1. The molecule has 1 aromatic heterocycles. The number of rotatable bonds is 8. The lowest BCUT2D eigenvalue weighted by molar-refractivity contribution is 0.0599. The molecular formula is C17H25N3O3. The number of benzene rings is 1. The minimum Gasteiger partial charge on any atom is -0.391 e. The Hall–Kier alpha value is -2.05. The van der Waals surface area contributed by atoms with Crippen LogP contribution in [0.15, 0.2) is 24.4 Å². The van der Waals surface area contributed by atoms with Crippen molar-refractivity contribution in [2.75, 3.05) is 26.8 Å². The number of aliphatic hydroxyl groups excluding tert-OH is 1. The van der Waals surface area contributed by atoms with Crippen LogP contribution in [-0.2, 0) is 11.2 Å². The SMILES string of the molecule is COCC(O)CCNC(=O)NCCc1c[nH]c2cccc(C)c12. The van der Waals surface area contributed by atoms with Crippen molar-refractivity contribution in [2.45, 2.75) is 25.9 Å². The number of ether oxygens (including phenoxy) is 1. The van der Waals surface area contributed by atoms with E-state index in [2.05, 4.69) is 34.7 Å². The summed E-state index contributed by atoms with van der Waals surface area (Å²) < 4.78 is 4.83. The summed E-state index contributed by atoms with van der Waals surface area (Å²) in [6, 6.07) is 5.95. The van der Waals surface area contributed by atoms with Gasteiger partial charge in [0.2, 0.25) is 0 Å². The number of aliphatic hydroxyl groups is 1. The number of urea groups is 1. The molecule has 0 spiro atoms. The van der Waals surface area contributed by atoms with Crippen LogP contribution in [0.3, 0.4) is 0 Å². The molecule has 4 N–H and O–H groups in total. The summed E-state index contributed by atoms with van der Waals surface area (Å²) in [6.07, 6.45) is 2.70. The van der Waals surface area contributed by atoms with Gasteiger partial charge in [-0.1, -0.05) is 12.1 Å². The van der Waals surface area contributed by atoms with Crippen LogP contribution in [0.2, 0.25) is 0 Å². The van der Waals surface area contributed by atoms with E-state index in [9.17, 15) is 9.90 Å². The minimum atomic E-state index is -0.547. The second kappa shape index (κ2) is 8.55. The number of H-pyrrole nitrogens is 1. The Morgan fingerprint density at radius 2 is 2.13 bits per heavy atom. The molecule has 6 heteroatoms. The van der Waals surface area contributed by atoms with Crippen LogP contribution < -0.4 is 10.6 Å². The van der Waals surface area contributed by atoms with E-state index in [0.717, 1.165) is 11.9 Å². The lowest BCUT2D eigenvalue weighted by Crippen LogP contribution is -2.38. The van der Waals surface area contributed by atoms with Gasteiger partial charge in [0.05, 0.1) is 12.7 Å². The topological polar surface area (TPSA) is 86.4 Å². The summed E-state index contributed by atoms with van der Waals surface area (Å²) in [5.41, 5.74) is 3.56. The normalized spacial score (nSPS) is 12.3. The smallest absolute Gasteiger partial charge is 0.314 e. The number of aromatic amines is 1. The number of fused-ring (bicyclic) bond motifs is 1. The Balaban J connectivity index is 1.73. The number of nitrogens with one attached hydrogen (secondary N) is 3. The van der Waals surface area contributed by atoms with Gasteiger partial charge in [-0.25, -0.2) is 4.79 Å². The Morgan fingerprint density at radius 3 is 2.91 bits per heavy atom. The highest BCUT2D eigenvalue weighted by atomic mass is 16.5. The molecule has 1 aromatic carbocycles. The number of hydrogen-bond acceptors (Lipinski definition) is 3. The van der Waals surface area contributed by atoms with Crippen molar-refractivity contribution in [1.82, 2.24) is 15.6 Å². The second-order valence-electron chi connectivity index (χ2n) is 5.64. The quantitative estimate of drug-likeness (QED) is 0.597. The average Bonchev–Trinajstić information content (AvgIpc) is 2.92. The molecule has 0 fully saturated rings. The lowest BCUT2D eigenvalue weighted by atomic mass is 10.1. The van der Waals surface area contributed by atoms with Crippen molar-refractivity contribution in [1.29, 1.82) is 0 Å². The fourth-order valence-electron chi connectivity index (χ4n) is 2.65. The van der Waals surface area contributed by atoms with E-state index in [1.807, 2.05) is 12.3 Å². The number of amides is 2. The molecule has 0 saturated carbocycles. The first-order valence-electron chi connectivity index (χ1n) is 7.86. The molecule has 0 aliphatic carbocycles. The van der Waals surface area contributed by atoms with E-state index < -0.39 is 6.10 Å². The van der Waals surface area contributed by atoms with Crippen LogP contribution in [0.4, 0.5) is 4.79 Å². The van der Waals surface area contributed by atoms with Gasteiger partial charge in [0, 0.05) is 37.3 Å². The maximum absolute atomic E-state index is 11.7. The largest absolute Gasteiger partial charge is 0.391 e. The maximum Gasteiger partial charge on any atom is 0.314 e. The Labute approximate surface area is 136 Å². The van der Waals surface area contributed by atoms with Crippen LogP contribution in [0.1, 0.15) is 17.5 Å². The van der Waals surface area contributed by atoms with E-state index in [1.54, 1.807) is 0 Å². The number of aromatic nitrogens is 1. The van der Waals surface area contributed by atoms with Gasteiger partial charge < -0.3 is 25.5 Å². The van der Waals surface area contributed by atoms with Crippen molar-refractivity contribution in [2.24, 2.45) is 0 Å². The van der Waals surface area contributed by atoms with Gasteiger partial charge in [0.1, 0.15) is 0 Å². The summed E-state index contributed by atoms with van der Waals surface area (Å²) in [4.78, 5) is 15.0. The maximum atomic E-state index is 11.7. The lowest BCUT2D eigenvalue weighted by Gasteiger charge is -2.11. The summed E-state index contributed by atoms with van der Waals surface area (Å²) in [6.45, 7) is 3.35. The molecule has 2 aromatic rings. The van der Waals surface area contributed by atoms with Crippen LogP contribution >= 0.6 is 0 Å². The first-order valence-corrected chi connectivity index (χ1v) is 7.86. The van der Waals surface area contributed by atoms with Gasteiger partial charge in [-0.15, -0.1) is 0 Å². The van der Waals surface area contributed by atoms with Crippen LogP contribution in [-0.4, -0.2) is 49.0 Å². The summed E-state index contributed by atoms with van der Waals surface area (Å²) in [5.74, 6) is 0. The predicted molar refractivity (Wildman–Crippen MR) is 90.6 cm³/mol. The average molecular weight is 319 g/mol. The molecule has 1 atom stereocenters. The van der Waals surface area contributed by atoms with E-state index in [4.69, 9.17) is 4.74 Å². The molecule has 126 valence electrons. The molecule has 2 rings (SSSR count). The summed E-state index contributed by atoms with van der Waals surface area (Å²) in [7, 11) is 1.54. The first kappa shape index (κ1) is 17.3. The van der Waals surface area contributed by atoms with Crippen molar-refractivity contribution in [3.8, 4) is 0 Å². The predicted octanol–water partition coefficient (Wildman–Crippen LogP) is 1.72. The minimum absolute atomic E-state index is 0.216. The first-order chi connectivity index (χ1) is 11.1. The zero-order valence-electron chi connectivity index (χ0n) is 13.7. The van der Waals surface area contributed by atoms with E-state index >= 15 is 0 Å². The van der Waals surface area contributed by atoms with E-state index in [1.165, 1.54) is 23.6 Å². The zero-order chi connectivity index (χ0) is 16.7. The van der Waals surface area contributed by atoms with Crippen molar-refractivity contribution < 1.29 is 14.6 Å². The van der Waals surface area contributed by atoms with Gasteiger partial charge >= 0.3 is 6.03 Å². The Morgan fingerprint density at radius 1 is 1.35 bits per heavy atom. The number of carbonyl (C=O) groups is 1. The Bertz CT molecular complexity index is 639. The van der Waals surface area contributed by atoms with Gasteiger partial charge in [-0.05, 0) is 37.0 Å². The molecule has 6 nitrogen and oxygen atoms in total. The molecule has 1 heterocycles. The van der Waals surface area contributed by atoms with Gasteiger partial charge in [-0.3, -0.25) is 0 Å². The third-order valence-corrected chi connectivity index (χ3v) is 3.80. The fourth-order valence-corrected chi connectivity index (χ4v) is 2.65. The van der Waals surface area contributed by atoms with E-state index in [-0.39, 0.29) is 12.6 Å². The van der Waals surface area contributed by atoms with Crippen LogP contribution in [0, 0.1) is 6.92 Å². The summed E-state index contributed by atoms with van der Waals surface area (Å²) in [5, 5.41) is 16.3. The van der Waals surface area contributed by atoms with Gasteiger partial charge in [0.15, 0.2) is 0 Å². The number of hydrogen-bond donors (Lipinski definition) is 4. The third-order valence-electron chi connectivity index (χ3n) is 3.80. The van der Waals surface area contributed by atoms with Crippen molar-refractivity contribution in [3.05, 3.63) is 35.5 Å². The van der Waals surface area contributed by atoms with Gasteiger partial charge in [0.25, 0.3) is 0 Å². The molecule has 0 aliphatic rings. The van der Waals surface area contributed by atoms with Crippen molar-refractivity contribution >= 4 is 16.9 Å².